The van der Waals surface area contributed by atoms with Crippen LogP contribution in [-0.4, -0.2) is 31.4 Å². The average molecular weight is 353 g/mol. The summed E-state index contributed by atoms with van der Waals surface area (Å²) in [6.45, 7) is 0.683. The molecule has 1 aliphatic rings. The third-order valence-electron chi connectivity index (χ3n) is 3.70. The van der Waals surface area contributed by atoms with Gasteiger partial charge in [0.15, 0.2) is 11.5 Å². The second-order valence-corrected chi connectivity index (χ2v) is 5.67. The van der Waals surface area contributed by atoms with Gasteiger partial charge in [0.1, 0.15) is 6.42 Å². The van der Waals surface area contributed by atoms with Crippen LogP contribution in [0, 0.1) is 0 Å². The minimum Gasteiger partial charge on any atom is -0.454 e. The largest absolute Gasteiger partial charge is 0.454 e. The number of hydrogen-bond donors (Lipinski definition) is 2. The molecule has 0 saturated heterocycles. The van der Waals surface area contributed by atoms with Crippen LogP contribution in [0.4, 0.5) is 0 Å². The van der Waals surface area contributed by atoms with E-state index in [2.05, 4.69) is 15.8 Å². The fourth-order valence-corrected chi connectivity index (χ4v) is 2.41. The first-order valence-electron chi connectivity index (χ1n) is 8.23. The van der Waals surface area contributed by atoms with Crippen molar-refractivity contribution in [2.45, 2.75) is 12.8 Å². The summed E-state index contributed by atoms with van der Waals surface area (Å²) < 4.78 is 10.5. The predicted octanol–water partition coefficient (Wildman–Crippen LogP) is 1.61. The van der Waals surface area contributed by atoms with Crippen molar-refractivity contribution in [3.05, 3.63) is 59.7 Å². The number of carbonyl (C=O) groups is 2. The molecule has 0 atom stereocenters. The fourth-order valence-electron chi connectivity index (χ4n) is 2.41. The van der Waals surface area contributed by atoms with E-state index in [-0.39, 0.29) is 19.1 Å². The lowest BCUT2D eigenvalue weighted by Gasteiger charge is -2.04. The Bertz CT molecular complexity index is 806. The van der Waals surface area contributed by atoms with Crippen molar-refractivity contribution >= 4 is 18.0 Å². The van der Waals surface area contributed by atoms with E-state index in [1.807, 2.05) is 30.3 Å². The van der Waals surface area contributed by atoms with E-state index >= 15 is 0 Å². The minimum absolute atomic E-state index is 0.200. The van der Waals surface area contributed by atoms with Gasteiger partial charge in [0.05, 0.1) is 6.21 Å². The molecule has 0 aromatic heterocycles. The van der Waals surface area contributed by atoms with Gasteiger partial charge in [0.2, 0.25) is 18.6 Å². The molecule has 26 heavy (non-hydrogen) atoms. The number of amides is 2. The van der Waals surface area contributed by atoms with E-state index in [1.54, 1.807) is 18.2 Å². The zero-order valence-corrected chi connectivity index (χ0v) is 14.1. The standard InChI is InChI=1S/C19H19N3O4/c23-18(20-9-8-14-4-2-1-3-5-14)11-19(24)22-21-12-15-6-7-16-17(10-15)26-13-25-16/h1-7,10,12H,8-9,11,13H2,(H,20,23)(H,22,24). The molecule has 0 saturated carbocycles. The number of hydrazone groups is 1. The normalized spacial score (nSPS) is 12.2. The quantitative estimate of drug-likeness (QED) is 0.450. The average Bonchev–Trinajstić information content (AvgIpc) is 3.10. The topological polar surface area (TPSA) is 89.0 Å². The van der Waals surface area contributed by atoms with Crippen molar-refractivity contribution in [3.63, 3.8) is 0 Å². The van der Waals surface area contributed by atoms with Crippen molar-refractivity contribution in [1.29, 1.82) is 0 Å². The van der Waals surface area contributed by atoms with Crippen molar-refractivity contribution in [1.82, 2.24) is 10.7 Å². The summed E-state index contributed by atoms with van der Waals surface area (Å²) in [6.07, 6.45) is 1.93. The molecule has 0 bridgehead atoms. The second-order valence-electron chi connectivity index (χ2n) is 5.67. The smallest absolute Gasteiger partial charge is 0.249 e. The Labute approximate surface area is 151 Å². The van der Waals surface area contributed by atoms with Gasteiger partial charge < -0.3 is 14.8 Å². The van der Waals surface area contributed by atoms with Gasteiger partial charge in [-0.15, -0.1) is 0 Å². The number of carbonyl (C=O) groups excluding carboxylic acids is 2. The molecule has 0 fully saturated rings. The van der Waals surface area contributed by atoms with Crippen LogP contribution in [0.15, 0.2) is 53.6 Å². The molecule has 0 radical (unpaired) electrons. The number of benzene rings is 2. The molecule has 1 heterocycles. The molecule has 2 N–H and O–H groups in total. The summed E-state index contributed by atoms with van der Waals surface area (Å²) in [5, 5.41) is 6.56. The monoisotopic (exact) mass is 353 g/mol. The van der Waals surface area contributed by atoms with Crippen molar-refractivity contribution in [2.75, 3.05) is 13.3 Å². The molecular formula is C19H19N3O4. The highest BCUT2D eigenvalue weighted by Crippen LogP contribution is 2.31. The zero-order chi connectivity index (χ0) is 18.2. The van der Waals surface area contributed by atoms with Gasteiger partial charge in [-0.2, -0.15) is 5.10 Å². The molecule has 7 nitrogen and oxygen atoms in total. The van der Waals surface area contributed by atoms with Crippen LogP contribution in [0.2, 0.25) is 0 Å². The third kappa shape index (κ3) is 5.07. The van der Waals surface area contributed by atoms with E-state index in [4.69, 9.17) is 9.47 Å². The Balaban J connectivity index is 1.37. The number of ether oxygens (including phenoxy) is 2. The maximum Gasteiger partial charge on any atom is 0.249 e. The van der Waals surface area contributed by atoms with E-state index < -0.39 is 5.91 Å². The molecule has 2 amide bonds. The van der Waals surface area contributed by atoms with Crippen molar-refractivity contribution < 1.29 is 19.1 Å². The molecule has 7 heteroatoms. The lowest BCUT2D eigenvalue weighted by Crippen LogP contribution is -2.31. The molecule has 3 rings (SSSR count). The summed E-state index contributed by atoms with van der Waals surface area (Å²) in [5.74, 6) is 0.507. The predicted molar refractivity (Wildman–Crippen MR) is 96.1 cm³/mol. The summed E-state index contributed by atoms with van der Waals surface area (Å²) in [6, 6.07) is 15.1. The van der Waals surface area contributed by atoms with Gasteiger partial charge in [-0.25, -0.2) is 5.43 Å². The fraction of sp³-hybridized carbons (Fsp3) is 0.211. The lowest BCUT2D eigenvalue weighted by atomic mass is 10.1. The first kappa shape index (κ1) is 17.5. The highest BCUT2D eigenvalue weighted by atomic mass is 16.7. The number of hydrogen-bond acceptors (Lipinski definition) is 5. The zero-order valence-electron chi connectivity index (χ0n) is 14.1. The molecule has 1 aliphatic heterocycles. The van der Waals surface area contributed by atoms with E-state index in [9.17, 15) is 9.59 Å². The summed E-state index contributed by atoms with van der Waals surface area (Å²) in [5.41, 5.74) is 4.22. The van der Waals surface area contributed by atoms with E-state index in [0.717, 1.165) is 17.5 Å². The highest BCUT2D eigenvalue weighted by molar-refractivity contribution is 5.97. The molecule has 2 aromatic rings. The maximum atomic E-state index is 11.8. The Morgan fingerprint density at radius 3 is 2.69 bits per heavy atom. The van der Waals surface area contributed by atoms with Crippen LogP contribution in [0.1, 0.15) is 17.5 Å². The lowest BCUT2D eigenvalue weighted by molar-refractivity contribution is -0.129. The van der Waals surface area contributed by atoms with Gasteiger partial charge >= 0.3 is 0 Å². The van der Waals surface area contributed by atoms with E-state index in [0.29, 0.717) is 18.0 Å². The highest BCUT2D eigenvalue weighted by Gasteiger charge is 2.12. The Kier molecular flexibility index (Phi) is 5.82. The summed E-state index contributed by atoms with van der Waals surface area (Å²) >= 11 is 0. The van der Waals surface area contributed by atoms with Gasteiger partial charge in [-0.1, -0.05) is 30.3 Å². The van der Waals surface area contributed by atoms with Gasteiger partial charge in [0, 0.05) is 6.54 Å². The summed E-state index contributed by atoms with van der Waals surface area (Å²) in [7, 11) is 0. The van der Waals surface area contributed by atoms with Gasteiger partial charge in [0.25, 0.3) is 0 Å². The number of nitrogens with zero attached hydrogens (tertiary/aromatic N) is 1. The maximum absolute atomic E-state index is 11.8. The van der Waals surface area contributed by atoms with Gasteiger partial charge in [-0.05, 0) is 35.7 Å². The minimum atomic E-state index is -0.473. The Hall–Kier alpha value is -3.35. The first-order valence-corrected chi connectivity index (χ1v) is 8.23. The Morgan fingerprint density at radius 1 is 1.04 bits per heavy atom. The SMILES string of the molecule is O=C(CC(=O)NN=Cc1ccc2c(c1)OCO2)NCCc1ccccc1. The molecule has 2 aromatic carbocycles. The Morgan fingerprint density at radius 2 is 1.85 bits per heavy atom. The van der Waals surface area contributed by atoms with Gasteiger partial charge in [-0.3, -0.25) is 9.59 Å². The molecule has 0 aliphatic carbocycles. The van der Waals surface area contributed by atoms with Crippen LogP contribution in [0.5, 0.6) is 11.5 Å². The number of fused-ring (bicyclic) bond motifs is 1. The van der Waals surface area contributed by atoms with Crippen LogP contribution in [0.25, 0.3) is 0 Å². The molecule has 0 unspecified atom stereocenters. The van der Waals surface area contributed by atoms with Crippen LogP contribution in [0.3, 0.4) is 0 Å². The third-order valence-corrected chi connectivity index (χ3v) is 3.70. The van der Waals surface area contributed by atoms with E-state index in [1.165, 1.54) is 6.21 Å². The molecule has 0 spiro atoms. The van der Waals surface area contributed by atoms with Crippen LogP contribution < -0.4 is 20.2 Å². The number of nitrogens with one attached hydrogen (secondary N) is 2. The van der Waals surface area contributed by atoms with Crippen LogP contribution >= 0.6 is 0 Å². The van der Waals surface area contributed by atoms with Crippen LogP contribution in [-0.2, 0) is 16.0 Å². The first-order chi connectivity index (χ1) is 12.7. The number of rotatable bonds is 7. The van der Waals surface area contributed by atoms with Crippen molar-refractivity contribution in [3.8, 4) is 11.5 Å². The molecule has 134 valence electrons. The summed E-state index contributed by atoms with van der Waals surface area (Å²) in [4.78, 5) is 23.5. The molecular weight excluding hydrogens is 334 g/mol. The second kappa shape index (κ2) is 8.66. The van der Waals surface area contributed by atoms with Crippen molar-refractivity contribution in [2.24, 2.45) is 5.10 Å².